The second-order valence-corrected chi connectivity index (χ2v) is 5.71. The van der Waals surface area contributed by atoms with E-state index in [1.165, 1.54) is 19.3 Å². The van der Waals surface area contributed by atoms with Gasteiger partial charge in [0.2, 0.25) is 5.91 Å². The van der Waals surface area contributed by atoms with Gasteiger partial charge in [-0.05, 0) is 31.6 Å². The molecule has 3 nitrogen and oxygen atoms in total. The van der Waals surface area contributed by atoms with Crippen LogP contribution in [0.3, 0.4) is 0 Å². The average Bonchev–Trinajstić information content (AvgIpc) is 2.62. The highest BCUT2D eigenvalue weighted by molar-refractivity contribution is 5.81. The number of hydrogen-bond donors (Lipinski definition) is 2. The Hall–Kier alpha value is -0.830. The van der Waals surface area contributed by atoms with Crippen molar-refractivity contribution in [3.8, 4) is 0 Å². The van der Waals surface area contributed by atoms with Gasteiger partial charge >= 0.3 is 0 Å². The zero-order valence-corrected chi connectivity index (χ0v) is 10.7. The second-order valence-electron chi connectivity index (χ2n) is 5.71. The van der Waals surface area contributed by atoms with Crippen LogP contribution in [0.1, 0.15) is 45.4 Å². The van der Waals surface area contributed by atoms with Crippen molar-refractivity contribution in [2.75, 3.05) is 0 Å². The van der Waals surface area contributed by atoms with Crippen molar-refractivity contribution < 1.29 is 4.79 Å². The number of nitrogens with one attached hydrogen (secondary N) is 1. The zero-order chi connectivity index (χ0) is 12.3. The van der Waals surface area contributed by atoms with E-state index in [2.05, 4.69) is 12.2 Å². The summed E-state index contributed by atoms with van der Waals surface area (Å²) in [4.78, 5) is 12.0. The smallest absolute Gasteiger partial charge is 0.227 e. The van der Waals surface area contributed by atoms with Gasteiger partial charge in [0.15, 0.2) is 0 Å². The van der Waals surface area contributed by atoms with E-state index in [4.69, 9.17) is 5.73 Å². The van der Waals surface area contributed by atoms with Crippen molar-refractivity contribution >= 4 is 5.91 Å². The van der Waals surface area contributed by atoms with E-state index < -0.39 is 0 Å². The molecular formula is C14H24N2O. The van der Waals surface area contributed by atoms with Gasteiger partial charge in [0.05, 0.1) is 5.92 Å². The Balaban J connectivity index is 1.80. The first-order valence-corrected chi connectivity index (χ1v) is 6.89. The van der Waals surface area contributed by atoms with Crippen molar-refractivity contribution in [2.45, 2.75) is 57.5 Å². The lowest BCUT2D eigenvalue weighted by molar-refractivity contribution is -0.124. The van der Waals surface area contributed by atoms with E-state index in [0.717, 1.165) is 25.2 Å². The van der Waals surface area contributed by atoms with Gasteiger partial charge < -0.3 is 11.1 Å². The van der Waals surface area contributed by atoms with Gasteiger partial charge in [-0.1, -0.05) is 31.9 Å². The van der Waals surface area contributed by atoms with Crippen molar-refractivity contribution in [2.24, 2.45) is 17.6 Å². The topological polar surface area (TPSA) is 55.1 Å². The Morgan fingerprint density at radius 2 is 2.06 bits per heavy atom. The number of carbonyl (C=O) groups is 1. The summed E-state index contributed by atoms with van der Waals surface area (Å²) in [5, 5.41) is 3.20. The van der Waals surface area contributed by atoms with Crippen LogP contribution in [0.5, 0.6) is 0 Å². The lowest BCUT2D eigenvalue weighted by Crippen LogP contribution is -2.38. The highest BCUT2D eigenvalue weighted by Crippen LogP contribution is 2.23. The highest BCUT2D eigenvalue weighted by atomic mass is 16.1. The van der Waals surface area contributed by atoms with Gasteiger partial charge in [-0.2, -0.15) is 0 Å². The van der Waals surface area contributed by atoms with Gasteiger partial charge in [-0.25, -0.2) is 0 Å². The van der Waals surface area contributed by atoms with Crippen molar-refractivity contribution in [1.82, 2.24) is 5.32 Å². The third-order valence-corrected chi connectivity index (χ3v) is 4.06. The quantitative estimate of drug-likeness (QED) is 0.569. The standard InChI is InChI=1S/C14H24N2O/c1-10-3-2-4-13(8-5-10)16-14(17)11-6-7-12(15)9-11/h6-7,10-13H,2-5,8-9,15H2,1H3,(H,16,17). The molecule has 0 radical (unpaired) electrons. The molecule has 4 unspecified atom stereocenters. The molecule has 96 valence electrons. The summed E-state index contributed by atoms with van der Waals surface area (Å²) < 4.78 is 0. The molecule has 1 fully saturated rings. The molecule has 1 amide bonds. The third kappa shape index (κ3) is 3.56. The fourth-order valence-electron chi connectivity index (χ4n) is 2.86. The van der Waals surface area contributed by atoms with Crippen molar-refractivity contribution in [1.29, 1.82) is 0 Å². The predicted molar refractivity (Wildman–Crippen MR) is 69.4 cm³/mol. The van der Waals surface area contributed by atoms with Crippen LogP contribution in [0.25, 0.3) is 0 Å². The van der Waals surface area contributed by atoms with Gasteiger partial charge in [-0.3, -0.25) is 4.79 Å². The largest absolute Gasteiger partial charge is 0.353 e. The van der Waals surface area contributed by atoms with Crippen molar-refractivity contribution in [3.05, 3.63) is 12.2 Å². The number of nitrogens with two attached hydrogens (primary N) is 1. The number of carbonyl (C=O) groups excluding carboxylic acids is 1. The van der Waals surface area contributed by atoms with E-state index >= 15 is 0 Å². The summed E-state index contributed by atoms with van der Waals surface area (Å²) in [7, 11) is 0. The van der Waals surface area contributed by atoms with Crippen LogP contribution in [0.2, 0.25) is 0 Å². The van der Waals surface area contributed by atoms with Crippen LogP contribution in [-0.4, -0.2) is 18.0 Å². The first-order chi connectivity index (χ1) is 8.15. The summed E-state index contributed by atoms with van der Waals surface area (Å²) in [6.45, 7) is 2.31. The lowest BCUT2D eigenvalue weighted by atomic mass is 10.0. The maximum Gasteiger partial charge on any atom is 0.227 e. The summed E-state index contributed by atoms with van der Waals surface area (Å²) in [6.07, 6.45) is 10.7. The first kappa shape index (κ1) is 12.6. The molecule has 0 bridgehead atoms. The van der Waals surface area contributed by atoms with Crippen LogP contribution >= 0.6 is 0 Å². The van der Waals surface area contributed by atoms with E-state index in [1.54, 1.807) is 0 Å². The number of rotatable bonds is 2. The maximum atomic E-state index is 12.0. The fraction of sp³-hybridized carbons (Fsp3) is 0.786. The molecular weight excluding hydrogens is 212 g/mol. The molecule has 3 N–H and O–H groups in total. The molecule has 0 aliphatic heterocycles. The summed E-state index contributed by atoms with van der Waals surface area (Å²) in [6, 6.07) is 0.456. The maximum absolute atomic E-state index is 12.0. The summed E-state index contributed by atoms with van der Waals surface area (Å²) in [5.41, 5.74) is 5.77. The molecule has 2 aliphatic rings. The zero-order valence-electron chi connectivity index (χ0n) is 10.7. The SMILES string of the molecule is CC1CCCC(NC(=O)C2C=CC(N)C2)CC1. The summed E-state index contributed by atoms with van der Waals surface area (Å²) >= 11 is 0. The number of hydrogen-bond acceptors (Lipinski definition) is 2. The van der Waals surface area contributed by atoms with Crippen LogP contribution in [-0.2, 0) is 4.79 Å². The van der Waals surface area contributed by atoms with E-state index in [0.29, 0.717) is 6.04 Å². The molecule has 4 atom stereocenters. The Morgan fingerprint density at radius 1 is 1.24 bits per heavy atom. The molecule has 17 heavy (non-hydrogen) atoms. The predicted octanol–water partition coefficient (Wildman–Crippen LogP) is 1.97. The summed E-state index contributed by atoms with van der Waals surface area (Å²) in [5.74, 6) is 0.996. The van der Waals surface area contributed by atoms with E-state index in [1.807, 2.05) is 12.2 Å². The Labute approximate surface area is 104 Å². The number of amides is 1. The van der Waals surface area contributed by atoms with E-state index in [9.17, 15) is 4.79 Å². The molecule has 0 aromatic heterocycles. The molecule has 0 spiro atoms. The minimum Gasteiger partial charge on any atom is -0.353 e. The minimum atomic E-state index is 0.00526. The third-order valence-electron chi connectivity index (χ3n) is 4.06. The molecule has 2 rings (SSSR count). The normalized spacial score (nSPS) is 37.8. The molecule has 1 saturated carbocycles. The van der Waals surface area contributed by atoms with E-state index in [-0.39, 0.29) is 17.9 Å². The molecule has 0 saturated heterocycles. The monoisotopic (exact) mass is 236 g/mol. The van der Waals surface area contributed by atoms with Gasteiger partial charge in [-0.15, -0.1) is 0 Å². The Bertz CT molecular complexity index is 301. The van der Waals surface area contributed by atoms with Gasteiger partial charge in [0.1, 0.15) is 0 Å². The Kier molecular flexibility index (Phi) is 4.21. The van der Waals surface area contributed by atoms with Crippen molar-refractivity contribution in [3.63, 3.8) is 0 Å². The van der Waals surface area contributed by atoms with Crippen LogP contribution in [0.15, 0.2) is 12.2 Å². The first-order valence-electron chi connectivity index (χ1n) is 6.89. The minimum absolute atomic E-state index is 0.00526. The van der Waals surface area contributed by atoms with Crippen LogP contribution in [0, 0.1) is 11.8 Å². The Morgan fingerprint density at radius 3 is 2.76 bits per heavy atom. The van der Waals surface area contributed by atoms with Gasteiger partial charge in [0, 0.05) is 12.1 Å². The molecule has 0 aromatic carbocycles. The average molecular weight is 236 g/mol. The molecule has 2 aliphatic carbocycles. The van der Waals surface area contributed by atoms with Crippen LogP contribution < -0.4 is 11.1 Å². The lowest BCUT2D eigenvalue weighted by Gasteiger charge is -2.19. The highest BCUT2D eigenvalue weighted by Gasteiger charge is 2.25. The molecule has 3 heteroatoms. The second kappa shape index (κ2) is 5.67. The molecule has 0 heterocycles. The van der Waals surface area contributed by atoms with Gasteiger partial charge in [0.25, 0.3) is 0 Å². The van der Waals surface area contributed by atoms with Crippen LogP contribution in [0.4, 0.5) is 0 Å². The molecule has 0 aromatic rings. The fourth-order valence-corrected chi connectivity index (χ4v) is 2.86.